The molecule has 3 rings (SSSR count). The van der Waals surface area contributed by atoms with Gasteiger partial charge in [-0.25, -0.2) is 0 Å². The van der Waals surface area contributed by atoms with Crippen LogP contribution in [0.5, 0.6) is 11.5 Å². The second-order valence-electron chi connectivity index (χ2n) is 7.01. The second-order valence-corrected chi connectivity index (χ2v) is 7.01. The van der Waals surface area contributed by atoms with Crippen molar-refractivity contribution >= 4 is 0 Å². The van der Waals surface area contributed by atoms with Gasteiger partial charge in [0.2, 0.25) is 0 Å². The van der Waals surface area contributed by atoms with Crippen LogP contribution in [-0.2, 0) is 0 Å². The lowest BCUT2D eigenvalue weighted by atomic mass is 10.0. The van der Waals surface area contributed by atoms with E-state index in [0.29, 0.717) is 6.04 Å². The fraction of sp³-hybridized carbons (Fsp3) is 0.280. The van der Waals surface area contributed by atoms with Crippen LogP contribution in [0.3, 0.4) is 0 Å². The Hall–Kier alpha value is -2.78. The SMILES string of the molecule is COc1ccccc1-c1ccc(C(C)NCCCOc2ccc(C)cc2)cc1. The van der Waals surface area contributed by atoms with Gasteiger partial charge in [0, 0.05) is 11.6 Å². The zero-order valence-corrected chi connectivity index (χ0v) is 16.9. The number of methoxy groups -OCH3 is 1. The van der Waals surface area contributed by atoms with Crippen molar-refractivity contribution in [2.45, 2.75) is 26.3 Å². The first-order valence-electron chi connectivity index (χ1n) is 9.83. The summed E-state index contributed by atoms with van der Waals surface area (Å²) in [6, 6.07) is 25.3. The van der Waals surface area contributed by atoms with Crippen molar-refractivity contribution in [2.75, 3.05) is 20.3 Å². The molecule has 0 saturated heterocycles. The van der Waals surface area contributed by atoms with Crippen LogP contribution in [0.25, 0.3) is 11.1 Å². The first kappa shape index (κ1) is 20.0. The molecule has 0 heterocycles. The first-order chi connectivity index (χ1) is 13.7. The van der Waals surface area contributed by atoms with Crippen molar-refractivity contribution in [1.29, 1.82) is 0 Å². The molecule has 1 unspecified atom stereocenters. The average molecular weight is 376 g/mol. The first-order valence-corrected chi connectivity index (χ1v) is 9.83. The van der Waals surface area contributed by atoms with Crippen LogP contribution in [0, 0.1) is 6.92 Å². The van der Waals surface area contributed by atoms with E-state index in [9.17, 15) is 0 Å². The Labute approximate surface area is 168 Å². The lowest BCUT2D eigenvalue weighted by molar-refractivity contribution is 0.305. The Balaban J connectivity index is 1.46. The molecule has 28 heavy (non-hydrogen) atoms. The van der Waals surface area contributed by atoms with Crippen molar-refractivity contribution in [1.82, 2.24) is 5.32 Å². The van der Waals surface area contributed by atoms with E-state index in [0.717, 1.165) is 36.6 Å². The van der Waals surface area contributed by atoms with Crippen molar-refractivity contribution in [2.24, 2.45) is 0 Å². The highest BCUT2D eigenvalue weighted by Crippen LogP contribution is 2.30. The van der Waals surface area contributed by atoms with E-state index < -0.39 is 0 Å². The third-order valence-corrected chi connectivity index (χ3v) is 4.89. The third-order valence-electron chi connectivity index (χ3n) is 4.89. The fourth-order valence-corrected chi connectivity index (χ4v) is 3.17. The fourth-order valence-electron chi connectivity index (χ4n) is 3.17. The quantitative estimate of drug-likeness (QED) is 0.480. The molecule has 0 spiro atoms. The zero-order valence-electron chi connectivity index (χ0n) is 16.9. The summed E-state index contributed by atoms with van der Waals surface area (Å²) in [6.07, 6.45) is 0.970. The second kappa shape index (κ2) is 9.95. The van der Waals surface area contributed by atoms with Crippen LogP contribution in [0.4, 0.5) is 0 Å². The number of aryl methyl sites for hydroxylation is 1. The third kappa shape index (κ3) is 5.37. The van der Waals surface area contributed by atoms with E-state index in [-0.39, 0.29) is 0 Å². The van der Waals surface area contributed by atoms with Gasteiger partial charge in [-0.2, -0.15) is 0 Å². The number of hydrogen-bond acceptors (Lipinski definition) is 3. The van der Waals surface area contributed by atoms with Crippen LogP contribution in [0.1, 0.15) is 30.5 Å². The number of ether oxygens (including phenoxy) is 2. The maximum atomic E-state index is 5.78. The van der Waals surface area contributed by atoms with E-state index in [1.54, 1.807) is 7.11 Å². The van der Waals surface area contributed by atoms with Crippen molar-refractivity contribution < 1.29 is 9.47 Å². The molecule has 0 fully saturated rings. The molecule has 3 aromatic rings. The largest absolute Gasteiger partial charge is 0.496 e. The van der Waals surface area contributed by atoms with E-state index in [1.165, 1.54) is 16.7 Å². The normalized spacial score (nSPS) is 11.8. The Morgan fingerprint density at radius 2 is 1.61 bits per heavy atom. The van der Waals surface area contributed by atoms with E-state index in [1.807, 2.05) is 30.3 Å². The molecule has 3 heteroatoms. The number of nitrogens with one attached hydrogen (secondary N) is 1. The van der Waals surface area contributed by atoms with E-state index in [4.69, 9.17) is 9.47 Å². The lowest BCUT2D eigenvalue weighted by Gasteiger charge is -2.15. The van der Waals surface area contributed by atoms with Crippen LogP contribution in [0.15, 0.2) is 72.8 Å². The lowest BCUT2D eigenvalue weighted by Crippen LogP contribution is -2.21. The minimum Gasteiger partial charge on any atom is -0.496 e. The molecule has 0 amide bonds. The van der Waals surface area contributed by atoms with Crippen LogP contribution >= 0.6 is 0 Å². The van der Waals surface area contributed by atoms with Crippen LogP contribution in [0.2, 0.25) is 0 Å². The van der Waals surface area contributed by atoms with E-state index in [2.05, 4.69) is 61.6 Å². The minimum atomic E-state index is 0.297. The molecule has 146 valence electrons. The van der Waals surface area contributed by atoms with Gasteiger partial charge in [-0.3, -0.25) is 0 Å². The predicted molar refractivity (Wildman–Crippen MR) is 116 cm³/mol. The Morgan fingerprint density at radius 3 is 2.32 bits per heavy atom. The standard InChI is InChI=1S/C25H29NO2/c1-19-9-15-23(16-10-19)28-18-6-17-26-20(2)21-11-13-22(14-12-21)24-7-4-5-8-25(24)27-3/h4-5,7-16,20,26H,6,17-18H2,1-3H3. The van der Waals surface area contributed by atoms with Gasteiger partial charge in [0.1, 0.15) is 11.5 Å². The van der Waals surface area contributed by atoms with Crippen LogP contribution < -0.4 is 14.8 Å². The smallest absolute Gasteiger partial charge is 0.126 e. The number of benzene rings is 3. The summed E-state index contributed by atoms with van der Waals surface area (Å²) in [4.78, 5) is 0. The number of hydrogen-bond donors (Lipinski definition) is 1. The maximum absolute atomic E-state index is 5.78. The highest BCUT2D eigenvalue weighted by Gasteiger charge is 2.08. The Morgan fingerprint density at radius 1 is 0.893 bits per heavy atom. The summed E-state index contributed by atoms with van der Waals surface area (Å²) in [5.74, 6) is 1.83. The van der Waals surface area contributed by atoms with Crippen LogP contribution in [-0.4, -0.2) is 20.3 Å². The summed E-state index contributed by atoms with van der Waals surface area (Å²) >= 11 is 0. The molecule has 0 aliphatic heterocycles. The molecule has 0 aliphatic rings. The van der Waals surface area contributed by atoms with Gasteiger partial charge in [0.05, 0.1) is 13.7 Å². The monoisotopic (exact) mass is 375 g/mol. The molecule has 1 N–H and O–H groups in total. The topological polar surface area (TPSA) is 30.5 Å². The average Bonchev–Trinajstić information content (AvgIpc) is 2.74. The molecular weight excluding hydrogens is 346 g/mol. The van der Waals surface area contributed by atoms with Gasteiger partial charge in [0.15, 0.2) is 0 Å². The van der Waals surface area contributed by atoms with Gasteiger partial charge < -0.3 is 14.8 Å². The summed E-state index contributed by atoms with van der Waals surface area (Å²) in [5.41, 5.74) is 4.81. The zero-order chi connectivity index (χ0) is 19.8. The van der Waals surface area contributed by atoms with Gasteiger partial charge in [-0.05, 0) is 56.1 Å². The molecule has 3 nitrogen and oxygen atoms in total. The molecule has 3 aromatic carbocycles. The molecule has 0 radical (unpaired) electrons. The molecule has 0 bridgehead atoms. The van der Waals surface area contributed by atoms with Crippen molar-refractivity contribution in [3.8, 4) is 22.6 Å². The Bertz CT molecular complexity index is 856. The Kier molecular flexibility index (Phi) is 7.10. The molecule has 0 aromatic heterocycles. The van der Waals surface area contributed by atoms with Gasteiger partial charge in [0.25, 0.3) is 0 Å². The molecule has 0 aliphatic carbocycles. The summed E-state index contributed by atoms with van der Waals surface area (Å²) in [5, 5.41) is 3.57. The maximum Gasteiger partial charge on any atom is 0.126 e. The minimum absolute atomic E-state index is 0.297. The molecular formula is C25H29NO2. The number of rotatable bonds is 9. The van der Waals surface area contributed by atoms with Gasteiger partial charge in [-0.1, -0.05) is 60.2 Å². The highest BCUT2D eigenvalue weighted by atomic mass is 16.5. The highest BCUT2D eigenvalue weighted by molar-refractivity contribution is 5.70. The van der Waals surface area contributed by atoms with E-state index >= 15 is 0 Å². The van der Waals surface area contributed by atoms with Gasteiger partial charge >= 0.3 is 0 Å². The molecule has 0 saturated carbocycles. The predicted octanol–water partition coefficient (Wildman–Crippen LogP) is 5.79. The molecule has 1 atom stereocenters. The van der Waals surface area contributed by atoms with Crippen molar-refractivity contribution in [3.05, 3.63) is 83.9 Å². The van der Waals surface area contributed by atoms with Crippen molar-refractivity contribution in [3.63, 3.8) is 0 Å². The summed E-state index contributed by atoms with van der Waals surface area (Å²) < 4.78 is 11.3. The number of para-hydroxylation sites is 1. The summed E-state index contributed by atoms with van der Waals surface area (Å²) in [6.45, 7) is 5.91. The summed E-state index contributed by atoms with van der Waals surface area (Å²) in [7, 11) is 1.71. The van der Waals surface area contributed by atoms with Gasteiger partial charge in [-0.15, -0.1) is 0 Å².